The maximum atomic E-state index is 9.36. The van der Waals surface area contributed by atoms with Crippen molar-refractivity contribution in [2.45, 2.75) is 37.4 Å². The van der Waals surface area contributed by atoms with E-state index in [4.69, 9.17) is 15.6 Å². The first-order valence-corrected chi connectivity index (χ1v) is 3.96. The van der Waals surface area contributed by atoms with Crippen molar-refractivity contribution in [3.8, 4) is 0 Å². The number of rotatable bonds is 1. The topological polar surface area (TPSA) is 95.9 Å². The molecule has 0 radical (unpaired) electrons. The van der Waals surface area contributed by atoms with Gasteiger partial charge in [0.1, 0.15) is 12.2 Å². The van der Waals surface area contributed by atoms with E-state index in [2.05, 4.69) is 0 Å². The molecule has 5 atom stereocenters. The fourth-order valence-corrected chi connectivity index (χ4v) is 1.35. The average molecular weight is 177 g/mol. The van der Waals surface area contributed by atoms with Crippen LogP contribution >= 0.6 is 0 Å². The summed E-state index contributed by atoms with van der Waals surface area (Å²) in [6.45, 7) is 1.37. The van der Waals surface area contributed by atoms with E-state index in [0.717, 1.165) is 0 Å². The predicted octanol–water partition coefficient (Wildman–Crippen LogP) is -2.18. The molecule has 1 aliphatic heterocycles. The van der Waals surface area contributed by atoms with Gasteiger partial charge in [-0.15, -0.1) is 0 Å². The molecule has 0 aromatic heterocycles. The number of hydrogen-bond acceptors (Lipinski definition) is 5. The first-order chi connectivity index (χ1) is 5.57. The molecule has 5 nitrogen and oxygen atoms in total. The Labute approximate surface area is 70.8 Å². The van der Waals surface area contributed by atoms with Crippen LogP contribution in [0.5, 0.6) is 0 Å². The van der Waals surface area contributed by atoms with Gasteiger partial charge in [0, 0.05) is 0 Å². The highest BCUT2D eigenvalue weighted by molar-refractivity contribution is 4.92. The minimum atomic E-state index is -0.999. The minimum absolute atomic E-state index is 0.286. The second-order valence-corrected chi connectivity index (χ2v) is 3.12. The molecule has 5 heteroatoms. The van der Waals surface area contributed by atoms with E-state index >= 15 is 0 Å². The molecule has 0 spiro atoms. The van der Waals surface area contributed by atoms with Gasteiger partial charge < -0.3 is 25.8 Å². The highest BCUT2D eigenvalue weighted by Gasteiger charge is 2.39. The SMILES string of the molecule is C[C@H]1OC(CO)C(O)[C@H](N)C1O. The Morgan fingerprint density at radius 2 is 1.92 bits per heavy atom. The number of aliphatic hydroxyl groups is 3. The summed E-state index contributed by atoms with van der Waals surface area (Å²) < 4.78 is 5.10. The summed E-state index contributed by atoms with van der Waals surface area (Å²) in [5, 5.41) is 27.5. The molecule has 1 saturated heterocycles. The number of nitrogens with two attached hydrogens (primary N) is 1. The number of aliphatic hydroxyl groups excluding tert-OH is 3. The summed E-state index contributed by atoms with van der Waals surface area (Å²) in [7, 11) is 0. The summed E-state index contributed by atoms with van der Waals surface area (Å²) in [4.78, 5) is 0. The summed E-state index contributed by atoms with van der Waals surface area (Å²) in [6, 6.07) is -0.745. The van der Waals surface area contributed by atoms with Gasteiger partial charge in [0.2, 0.25) is 0 Å². The van der Waals surface area contributed by atoms with Crippen LogP contribution in [0.2, 0.25) is 0 Å². The van der Waals surface area contributed by atoms with Gasteiger partial charge in [-0.25, -0.2) is 0 Å². The van der Waals surface area contributed by atoms with Gasteiger partial charge in [-0.05, 0) is 6.92 Å². The minimum Gasteiger partial charge on any atom is -0.394 e. The molecule has 1 fully saturated rings. The molecule has 0 amide bonds. The van der Waals surface area contributed by atoms with E-state index in [9.17, 15) is 10.2 Å². The Hall–Kier alpha value is -0.200. The summed E-state index contributed by atoms with van der Waals surface area (Å²) in [5.74, 6) is 0. The first-order valence-electron chi connectivity index (χ1n) is 3.96. The molecule has 12 heavy (non-hydrogen) atoms. The van der Waals surface area contributed by atoms with Crippen molar-refractivity contribution in [3.05, 3.63) is 0 Å². The molecular weight excluding hydrogens is 162 g/mol. The lowest BCUT2D eigenvalue weighted by molar-refractivity contribution is -0.182. The Morgan fingerprint density at radius 3 is 2.42 bits per heavy atom. The lowest BCUT2D eigenvalue weighted by Crippen LogP contribution is -2.61. The highest BCUT2D eigenvalue weighted by atomic mass is 16.5. The second-order valence-electron chi connectivity index (χ2n) is 3.12. The molecule has 0 bridgehead atoms. The fraction of sp³-hybridized carbons (Fsp3) is 1.00. The summed E-state index contributed by atoms with van der Waals surface area (Å²) in [6.07, 6.45) is -3.00. The van der Waals surface area contributed by atoms with Crippen LogP contribution < -0.4 is 5.73 Å². The van der Waals surface area contributed by atoms with Crippen molar-refractivity contribution in [1.29, 1.82) is 0 Å². The molecule has 0 aliphatic carbocycles. The van der Waals surface area contributed by atoms with Crippen molar-refractivity contribution in [3.63, 3.8) is 0 Å². The van der Waals surface area contributed by atoms with Crippen LogP contribution in [0.15, 0.2) is 0 Å². The molecule has 3 unspecified atom stereocenters. The first kappa shape index (κ1) is 9.88. The van der Waals surface area contributed by atoms with Crippen LogP contribution in [0.25, 0.3) is 0 Å². The van der Waals surface area contributed by atoms with Crippen molar-refractivity contribution < 1.29 is 20.1 Å². The Balaban J connectivity index is 2.63. The van der Waals surface area contributed by atoms with Crippen LogP contribution in [0.1, 0.15) is 6.92 Å². The Morgan fingerprint density at radius 1 is 1.33 bits per heavy atom. The van der Waals surface area contributed by atoms with Crippen LogP contribution in [-0.4, -0.2) is 52.4 Å². The van der Waals surface area contributed by atoms with Crippen LogP contribution in [0.3, 0.4) is 0 Å². The van der Waals surface area contributed by atoms with Gasteiger partial charge in [0.05, 0.1) is 24.9 Å². The molecule has 1 heterocycles. The van der Waals surface area contributed by atoms with E-state index < -0.39 is 30.5 Å². The zero-order chi connectivity index (χ0) is 9.30. The van der Waals surface area contributed by atoms with Crippen LogP contribution in [0, 0.1) is 0 Å². The van der Waals surface area contributed by atoms with Gasteiger partial charge in [-0.3, -0.25) is 0 Å². The van der Waals surface area contributed by atoms with Crippen molar-refractivity contribution in [1.82, 2.24) is 0 Å². The molecule has 5 N–H and O–H groups in total. The largest absolute Gasteiger partial charge is 0.394 e. The quantitative estimate of drug-likeness (QED) is 0.365. The maximum absolute atomic E-state index is 9.36. The molecule has 0 aromatic carbocycles. The monoisotopic (exact) mass is 177 g/mol. The van der Waals surface area contributed by atoms with Gasteiger partial charge in [-0.1, -0.05) is 0 Å². The van der Waals surface area contributed by atoms with E-state index in [-0.39, 0.29) is 6.61 Å². The van der Waals surface area contributed by atoms with Crippen LogP contribution in [0.4, 0.5) is 0 Å². The van der Waals surface area contributed by atoms with Gasteiger partial charge in [-0.2, -0.15) is 0 Å². The zero-order valence-electron chi connectivity index (χ0n) is 6.92. The van der Waals surface area contributed by atoms with Gasteiger partial charge in [0.25, 0.3) is 0 Å². The summed E-state index contributed by atoms with van der Waals surface area (Å²) >= 11 is 0. The van der Waals surface area contributed by atoms with Crippen molar-refractivity contribution in [2.75, 3.05) is 6.61 Å². The summed E-state index contributed by atoms with van der Waals surface area (Å²) in [5.41, 5.74) is 5.49. The lowest BCUT2D eigenvalue weighted by atomic mass is 9.94. The van der Waals surface area contributed by atoms with E-state index in [1.807, 2.05) is 0 Å². The van der Waals surface area contributed by atoms with Gasteiger partial charge >= 0.3 is 0 Å². The Bertz CT molecular complexity index is 150. The number of hydrogen-bond donors (Lipinski definition) is 4. The van der Waals surface area contributed by atoms with Crippen LogP contribution in [-0.2, 0) is 4.74 Å². The molecule has 0 saturated carbocycles. The average Bonchev–Trinajstić information content (AvgIpc) is 2.08. The Kier molecular flexibility index (Phi) is 3.03. The van der Waals surface area contributed by atoms with E-state index in [1.165, 1.54) is 0 Å². The zero-order valence-corrected chi connectivity index (χ0v) is 6.92. The van der Waals surface area contributed by atoms with Crippen molar-refractivity contribution in [2.24, 2.45) is 5.73 Å². The standard InChI is InChI=1S/C7H15NO4/c1-3-6(10)5(8)7(11)4(2-9)12-3/h3-7,9-11H,2,8H2,1H3/t3-,4?,5-,6?,7?/m1/s1. The normalized spacial score (nSPS) is 49.2. The fourth-order valence-electron chi connectivity index (χ4n) is 1.35. The molecule has 72 valence electrons. The third-order valence-electron chi connectivity index (χ3n) is 2.22. The van der Waals surface area contributed by atoms with E-state index in [1.54, 1.807) is 6.92 Å². The van der Waals surface area contributed by atoms with Crippen molar-refractivity contribution >= 4 is 0 Å². The second kappa shape index (κ2) is 3.68. The maximum Gasteiger partial charge on any atom is 0.108 e. The molecule has 0 aromatic rings. The third kappa shape index (κ3) is 1.60. The number of ether oxygens (including phenoxy) is 1. The predicted molar refractivity (Wildman–Crippen MR) is 41.4 cm³/mol. The molecular formula is C7H15NO4. The lowest BCUT2D eigenvalue weighted by Gasteiger charge is -2.39. The molecule has 1 rings (SSSR count). The highest BCUT2D eigenvalue weighted by Crippen LogP contribution is 2.18. The van der Waals surface area contributed by atoms with Gasteiger partial charge in [0.15, 0.2) is 0 Å². The third-order valence-corrected chi connectivity index (χ3v) is 2.22. The molecule has 1 aliphatic rings. The van der Waals surface area contributed by atoms with E-state index in [0.29, 0.717) is 0 Å². The smallest absolute Gasteiger partial charge is 0.108 e.